The second-order valence-corrected chi connectivity index (χ2v) is 9.28. The van der Waals surface area contributed by atoms with Gasteiger partial charge in [0.1, 0.15) is 5.69 Å². The van der Waals surface area contributed by atoms with E-state index in [9.17, 15) is 9.59 Å². The fraction of sp³-hybridized carbons (Fsp3) is 0.160. The number of hydrogen-bond donors (Lipinski definition) is 2. The first-order valence-electron chi connectivity index (χ1n) is 10.4. The highest BCUT2D eigenvalue weighted by Crippen LogP contribution is 2.30. The Bertz CT molecular complexity index is 1380. The number of anilines is 1. The van der Waals surface area contributed by atoms with Crippen LogP contribution in [0.4, 0.5) is 5.69 Å². The molecule has 33 heavy (non-hydrogen) atoms. The zero-order valence-corrected chi connectivity index (χ0v) is 20.7. The first-order valence-corrected chi connectivity index (χ1v) is 11.6. The van der Waals surface area contributed by atoms with Gasteiger partial charge in [-0.1, -0.05) is 45.7 Å². The van der Waals surface area contributed by atoms with Crippen molar-refractivity contribution in [3.63, 3.8) is 0 Å². The summed E-state index contributed by atoms with van der Waals surface area (Å²) >= 11 is 9.88. The second-order valence-electron chi connectivity index (χ2n) is 7.96. The first kappa shape index (κ1) is 23.0. The lowest BCUT2D eigenvalue weighted by atomic mass is 10.1. The van der Waals surface area contributed by atoms with Crippen molar-refractivity contribution in [2.45, 2.75) is 26.8 Å². The highest BCUT2D eigenvalue weighted by Gasteiger charge is 2.23. The molecule has 8 heteroatoms. The van der Waals surface area contributed by atoms with Gasteiger partial charge in [0, 0.05) is 22.1 Å². The van der Waals surface area contributed by atoms with Gasteiger partial charge in [-0.05, 0) is 62.7 Å². The molecule has 2 amide bonds. The van der Waals surface area contributed by atoms with Crippen LogP contribution in [0.5, 0.6) is 0 Å². The molecule has 2 aromatic heterocycles. The molecule has 2 heterocycles. The Labute approximate surface area is 205 Å². The normalized spacial score (nSPS) is 11.1. The number of carbonyl (C=O) groups excluding carboxylic acids is 2. The molecule has 0 spiro atoms. The number of halogens is 2. The van der Waals surface area contributed by atoms with E-state index in [0.717, 1.165) is 20.9 Å². The fourth-order valence-electron chi connectivity index (χ4n) is 3.70. The van der Waals surface area contributed by atoms with Crippen molar-refractivity contribution in [2.24, 2.45) is 0 Å². The number of aromatic nitrogens is 2. The lowest BCUT2D eigenvalue weighted by molar-refractivity contribution is 0.0944. The Hall–Kier alpha value is -3.16. The van der Waals surface area contributed by atoms with Gasteiger partial charge in [0.15, 0.2) is 5.82 Å². The molecule has 2 N–H and O–H groups in total. The number of nitrogens with zero attached hydrogens (tertiary/aromatic N) is 2. The lowest BCUT2D eigenvalue weighted by Gasteiger charge is -2.17. The molecule has 0 bridgehead atoms. The number of amides is 2. The predicted molar refractivity (Wildman–Crippen MR) is 136 cm³/mol. The average molecular weight is 526 g/mol. The van der Waals surface area contributed by atoms with Gasteiger partial charge in [-0.3, -0.25) is 14.2 Å². The monoisotopic (exact) mass is 524 g/mol. The maximum Gasteiger partial charge on any atom is 0.272 e. The van der Waals surface area contributed by atoms with Crippen LogP contribution in [0.25, 0.3) is 16.7 Å². The molecule has 0 aliphatic heterocycles. The van der Waals surface area contributed by atoms with E-state index in [2.05, 4.69) is 31.5 Å². The number of pyridine rings is 1. The Morgan fingerprint density at radius 2 is 1.82 bits per heavy atom. The average Bonchev–Trinajstić information content (AvgIpc) is 3.14. The number of hydrogen-bond acceptors (Lipinski definition) is 3. The molecule has 168 valence electrons. The van der Waals surface area contributed by atoms with Gasteiger partial charge in [0.05, 0.1) is 21.8 Å². The lowest BCUT2D eigenvalue weighted by Crippen LogP contribution is -2.31. The minimum absolute atomic E-state index is 0.0471. The summed E-state index contributed by atoms with van der Waals surface area (Å²) in [5.74, 6) is -0.189. The number of para-hydroxylation sites is 1. The van der Waals surface area contributed by atoms with Gasteiger partial charge in [-0.25, -0.2) is 4.98 Å². The predicted octanol–water partition coefficient (Wildman–Crippen LogP) is 6.14. The second kappa shape index (κ2) is 9.37. The molecular weight excluding hydrogens is 504 g/mol. The van der Waals surface area contributed by atoms with Crippen molar-refractivity contribution in [1.82, 2.24) is 14.9 Å². The molecule has 0 fully saturated rings. The van der Waals surface area contributed by atoms with E-state index < -0.39 is 0 Å². The van der Waals surface area contributed by atoms with Gasteiger partial charge < -0.3 is 10.6 Å². The van der Waals surface area contributed by atoms with Crippen molar-refractivity contribution in [2.75, 3.05) is 5.32 Å². The highest BCUT2D eigenvalue weighted by molar-refractivity contribution is 9.10. The number of benzene rings is 2. The van der Waals surface area contributed by atoms with E-state index in [0.29, 0.717) is 27.8 Å². The van der Waals surface area contributed by atoms with E-state index in [1.54, 1.807) is 35.0 Å². The zero-order chi connectivity index (χ0) is 23.7. The number of carbonyl (C=O) groups is 2. The van der Waals surface area contributed by atoms with Crippen molar-refractivity contribution in [3.05, 3.63) is 87.1 Å². The summed E-state index contributed by atoms with van der Waals surface area (Å²) in [7, 11) is 0. The molecule has 0 saturated carbocycles. The van der Waals surface area contributed by atoms with Crippen LogP contribution in [0.1, 0.15) is 40.3 Å². The van der Waals surface area contributed by atoms with Gasteiger partial charge >= 0.3 is 0 Å². The number of nitrogens with one attached hydrogen (secondary N) is 2. The quantitative estimate of drug-likeness (QED) is 0.329. The van der Waals surface area contributed by atoms with Gasteiger partial charge in [0.25, 0.3) is 11.8 Å². The van der Waals surface area contributed by atoms with Crippen molar-refractivity contribution < 1.29 is 9.59 Å². The van der Waals surface area contributed by atoms with Crippen LogP contribution in [-0.2, 0) is 0 Å². The molecule has 0 unspecified atom stereocenters. The van der Waals surface area contributed by atoms with Crippen LogP contribution in [-0.4, -0.2) is 27.4 Å². The molecule has 6 nitrogen and oxygen atoms in total. The Morgan fingerprint density at radius 1 is 1.06 bits per heavy atom. The fourth-order valence-corrected chi connectivity index (χ4v) is 4.48. The maximum absolute atomic E-state index is 13.6. The van der Waals surface area contributed by atoms with E-state index >= 15 is 0 Å². The summed E-state index contributed by atoms with van der Waals surface area (Å²) in [4.78, 5) is 30.8. The largest absolute Gasteiger partial charge is 0.350 e. The van der Waals surface area contributed by atoms with E-state index in [1.165, 1.54) is 0 Å². The number of rotatable bonds is 5. The van der Waals surface area contributed by atoms with Gasteiger partial charge in [0.2, 0.25) is 0 Å². The van der Waals surface area contributed by atoms with E-state index in [-0.39, 0.29) is 17.9 Å². The van der Waals surface area contributed by atoms with Crippen LogP contribution in [0.3, 0.4) is 0 Å². The zero-order valence-electron chi connectivity index (χ0n) is 18.3. The standard InChI is InChI=1S/C25H22BrClN4O2/c1-14(2)29-24(32)18-13-17(26)11-15(3)22(18)30-25(33)21-12-16-7-4-5-9-20(16)31(21)23-19(27)8-6-10-28-23/h4-14H,1-3H3,(H,29,32)(H,30,33). The van der Waals surface area contributed by atoms with Crippen LogP contribution < -0.4 is 10.6 Å². The third-order valence-corrected chi connectivity index (χ3v) is 5.85. The van der Waals surface area contributed by atoms with Gasteiger partial charge in [-0.15, -0.1) is 0 Å². The number of aryl methyl sites for hydroxylation is 1. The molecule has 0 aliphatic rings. The summed E-state index contributed by atoms with van der Waals surface area (Å²) < 4.78 is 2.48. The van der Waals surface area contributed by atoms with Crippen molar-refractivity contribution >= 4 is 55.9 Å². The Balaban J connectivity index is 1.83. The summed E-state index contributed by atoms with van der Waals surface area (Å²) in [6.45, 7) is 5.61. The third kappa shape index (κ3) is 4.65. The van der Waals surface area contributed by atoms with E-state index in [4.69, 9.17) is 11.6 Å². The van der Waals surface area contributed by atoms with Crippen LogP contribution in [0.15, 0.2) is 65.3 Å². The minimum Gasteiger partial charge on any atom is -0.350 e. The van der Waals surface area contributed by atoms with E-state index in [1.807, 2.05) is 51.1 Å². The topological polar surface area (TPSA) is 76.0 Å². The maximum atomic E-state index is 13.6. The molecule has 0 aliphatic carbocycles. The molecule has 0 atom stereocenters. The minimum atomic E-state index is -0.378. The molecule has 0 saturated heterocycles. The molecule has 2 aromatic carbocycles. The molecule has 0 radical (unpaired) electrons. The summed E-state index contributed by atoms with van der Waals surface area (Å²) in [5.41, 5.74) is 2.74. The Kier molecular flexibility index (Phi) is 6.54. The first-order chi connectivity index (χ1) is 15.8. The van der Waals surface area contributed by atoms with Crippen molar-refractivity contribution in [3.8, 4) is 5.82 Å². The van der Waals surface area contributed by atoms with Gasteiger partial charge in [-0.2, -0.15) is 0 Å². The molecule has 4 aromatic rings. The smallest absolute Gasteiger partial charge is 0.272 e. The summed E-state index contributed by atoms with van der Waals surface area (Å²) in [6, 6.07) is 16.4. The van der Waals surface area contributed by atoms with Crippen LogP contribution in [0, 0.1) is 6.92 Å². The molecule has 4 rings (SSSR count). The number of fused-ring (bicyclic) bond motifs is 1. The summed E-state index contributed by atoms with van der Waals surface area (Å²) in [6.07, 6.45) is 1.63. The summed E-state index contributed by atoms with van der Waals surface area (Å²) in [5, 5.41) is 7.14. The molecular formula is C25H22BrClN4O2. The van der Waals surface area contributed by atoms with Crippen LogP contribution in [0.2, 0.25) is 5.02 Å². The SMILES string of the molecule is Cc1cc(Br)cc(C(=O)NC(C)C)c1NC(=O)c1cc2ccccc2n1-c1ncccc1Cl. The van der Waals surface area contributed by atoms with Crippen molar-refractivity contribution in [1.29, 1.82) is 0 Å². The Morgan fingerprint density at radius 3 is 2.55 bits per heavy atom. The third-order valence-electron chi connectivity index (χ3n) is 5.10. The highest BCUT2D eigenvalue weighted by atomic mass is 79.9. The van der Waals surface area contributed by atoms with Crippen LogP contribution >= 0.6 is 27.5 Å².